The molecule has 7 heteroatoms. The number of carboxylic acid groups (broad SMARTS) is 1. The molecule has 3 rings (SSSR count). The number of carbonyl (C=O) groups is 1. The van der Waals surface area contributed by atoms with Crippen molar-refractivity contribution >= 4 is 17.5 Å². The van der Waals surface area contributed by atoms with E-state index in [1.54, 1.807) is 17.9 Å². The Labute approximate surface area is 121 Å². The maximum Gasteiger partial charge on any atom is 0.326 e. The molecule has 2 fully saturated rings. The van der Waals surface area contributed by atoms with E-state index < -0.39 is 16.9 Å². The first-order chi connectivity index (χ1) is 9.99. The molecule has 7 nitrogen and oxygen atoms in total. The van der Waals surface area contributed by atoms with E-state index in [4.69, 9.17) is 0 Å². The van der Waals surface area contributed by atoms with Crippen LogP contribution < -0.4 is 4.90 Å². The monoisotopic (exact) mass is 291 g/mol. The highest BCUT2D eigenvalue weighted by molar-refractivity contribution is 5.79. The highest BCUT2D eigenvalue weighted by Gasteiger charge is 2.48. The first kappa shape index (κ1) is 13.8. The molecule has 3 atom stereocenters. The minimum absolute atomic E-state index is 0.0370. The van der Waals surface area contributed by atoms with Crippen LogP contribution in [0.5, 0.6) is 0 Å². The van der Waals surface area contributed by atoms with Gasteiger partial charge >= 0.3 is 5.97 Å². The van der Waals surface area contributed by atoms with Crippen LogP contribution in [0.3, 0.4) is 0 Å². The van der Waals surface area contributed by atoms with Gasteiger partial charge in [0.15, 0.2) is 0 Å². The number of aryl methyl sites for hydroxylation is 1. The van der Waals surface area contributed by atoms with Gasteiger partial charge in [-0.2, -0.15) is 0 Å². The third kappa shape index (κ3) is 2.22. The zero-order valence-corrected chi connectivity index (χ0v) is 11.7. The van der Waals surface area contributed by atoms with Crippen molar-refractivity contribution in [2.45, 2.75) is 32.2 Å². The van der Waals surface area contributed by atoms with Crippen molar-refractivity contribution < 1.29 is 14.8 Å². The number of carboxylic acids is 1. The van der Waals surface area contributed by atoms with E-state index in [0.717, 1.165) is 19.3 Å². The zero-order chi connectivity index (χ0) is 15.1. The standard InChI is InChI=1S/C14H17N3O4/c1-8-11(17(20)21)5-6-12(15-8)16-7-9-3-2-4-10(9)13(16)14(18)19/h5-6,9-10,13H,2-4,7H2,1H3,(H,18,19). The molecule has 1 saturated carbocycles. The third-order valence-corrected chi connectivity index (χ3v) is 4.68. The van der Waals surface area contributed by atoms with E-state index in [2.05, 4.69) is 4.98 Å². The Morgan fingerprint density at radius 2 is 2.24 bits per heavy atom. The van der Waals surface area contributed by atoms with Crippen LogP contribution in [0.2, 0.25) is 0 Å². The molecule has 1 saturated heterocycles. The molecule has 1 aromatic heterocycles. The number of nitrogens with zero attached hydrogens (tertiary/aromatic N) is 3. The van der Waals surface area contributed by atoms with Gasteiger partial charge in [0.2, 0.25) is 0 Å². The fraction of sp³-hybridized carbons (Fsp3) is 0.571. The summed E-state index contributed by atoms with van der Waals surface area (Å²) in [7, 11) is 0. The number of aromatic nitrogens is 1. The summed E-state index contributed by atoms with van der Waals surface area (Å²) in [5, 5.41) is 20.4. The highest BCUT2D eigenvalue weighted by Crippen LogP contribution is 2.43. The largest absolute Gasteiger partial charge is 0.480 e. The Kier molecular flexibility index (Phi) is 3.27. The fourth-order valence-electron chi connectivity index (χ4n) is 3.75. The first-order valence-corrected chi connectivity index (χ1v) is 7.10. The van der Waals surface area contributed by atoms with Gasteiger partial charge in [-0.05, 0) is 37.7 Å². The van der Waals surface area contributed by atoms with Crippen molar-refractivity contribution in [1.82, 2.24) is 4.98 Å². The lowest BCUT2D eigenvalue weighted by Gasteiger charge is -2.25. The summed E-state index contributed by atoms with van der Waals surface area (Å²) in [5.41, 5.74) is 0.281. The summed E-state index contributed by atoms with van der Waals surface area (Å²) in [6, 6.07) is 2.40. The molecule has 1 aromatic rings. The maximum absolute atomic E-state index is 11.6. The Balaban J connectivity index is 1.94. The molecular weight excluding hydrogens is 274 g/mol. The average Bonchev–Trinajstić information content (AvgIpc) is 2.96. The Morgan fingerprint density at radius 3 is 2.86 bits per heavy atom. The molecule has 3 unspecified atom stereocenters. The number of hydrogen-bond donors (Lipinski definition) is 1. The molecule has 0 radical (unpaired) electrons. The van der Waals surface area contributed by atoms with Crippen molar-refractivity contribution in [3.8, 4) is 0 Å². The predicted octanol–water partition coefficient (Wildman–Crippen LogP) is 1.99. The number of nitro groups is 1. The normalized spacial score (nSPS) is 27.7. The molecule has 112 valence electrons. The predicted molar refractivity (Wildman–Crippen MR) is 75.2 cm³/mol. The Hall–Kier alpha value is -2.18. The molecule has 2 aliphatic rings. The molecule has 1 aliphatic carbocycles. The van der Waals surface area contributed by atoms with Crippen LogP contribution in [-0.2, 0) is 4.79 Å². The van der Waals surface area contributed by atoms with Crippen molar-refractivity contribution in [1.29, 1.82) is 0 Å². The second-order valence-corrected chi connectivity index (χ2v) is 5.82. The van der Waals surface area contributed by atoms with E-state index in [0.29, 0.717) is 24.0 Å². The number of rotatable bonds is 3. The lowest BCUT2D eigenvalue weighted by atomic mass is 9.94. The zero-order valence-electron chi connectivity index (χ0n) is 11.7. The molecular formula is C14H17N3O4. The van der Waals surface area contributed by atoms with Crippen molar-refractivity contribution in [2.24, 2.45) is 11.8 Å². The van der Waals surface area contributed by atoms with Crippen LogP contribution in [-0.4, -0.2) is 33.6 Å². The van der Waals surface area contributed by atoms with Gasteiger partial charge in [0.25, 0.3) is 5.69 Å². The van der Waals surface area contributed by atoms with Gasteiger partial charge in [-0.25, -0.2) is 9.78 Å². The summed E-state index contributed by atoms with van der Waals surface area (Å²) < 4.78 is 0. The maximum atomic E-state index is 11.6. The number of fused-ring (bicyclic) bond motifs is 1. The second-order valence-electron chi connectivity index (χ2n) is 5.82. The van der Waals surface area contributed by atoms with Crippen molar-refractivity contribution in [3.05, 3.63) is 27.9 Å². The van der Waals surface area contributed by atoms with Crippen LogP contribution in [0.25, 0.3) is 0 Å². The van der Waals surface area contributed by atoms with Gasteiger partial charge < -0.3 is 10.0 Å². The van der Waals surface area contributed by atoms with E-state index in [-0.39, 0.29) is 11.6 Å². The summed E-state index contributed by atoms with van der Waals surface area (Å²) >= 11 is 0. The van der Waals surface area contributed by atoms with E-state index in [9.17, 15) is 20.0 Å². The van der Waals surface area contributed by atoms with Crippen LogP contribution in [0.15, 0.2) is 12.1 Å². The number of pyridine rings is 1. The van der Waals surface area contributed by atoms with Crippen molar-refractivity contribution in [2.75, 3.05) is 11.4 Å². The summed E-state index contributed by atoms with van der Waals surface area (Å²) in [5.74, 6) is 0.255. The van der Waals surface area contributed by atoms with E-state index in [1.165, 1.54) is 6.07 Å². The Bertz CT molecular complexity index is 604. The van der Waals surface area contributed by atoms with E-state index in [1.807, 2.05) is 0 Å². The molecule has 2 heterocycles. The molecule has 21 heavy (non-hydrogen) atoms. The van der Waals surface area contributed by atoms with Gasteiger partial charge in [-0.15, -0.1) is 0 Å². The molecule has 0 aromatic carbocycles. The smallest absolute Gasteiger partial charge is 0.326 e. The highest BCUT2D eigenvalue weighted by atomic mass is 16.6. The minimum Gasteiger partial charge on any atom is -0.480 e. The molecule has 1 aliphatic heterocycles. The molecule has 0 spiro atoms. The van der Waals surface area contributed by atoms with Crippen LogP contribution in [0.1, 0.15) is 25.0 Å². The number of aliphatic carboxylic acids is 1. The SMILES string of the molecule is Cc1nc(N2CC3CCCC3C2C(=O)O)ccc1[N+](=O)[O-]. The average molecular weight is 291 g/mol. The van der Waals surface area contributed by atoms with Crippen LogP contribution >= 0.6 is 0 Å². The molecule has 1 N–H and O–H groups in total. The third-order valence-electron chi connectivity index (χ3n) is 4.68. The lowest BCUT2D eigenvalue weighted by Crippen LogP contribution is -2.40. The summed E-state index contributed by atoms with van der Waals surface area (Å²) in [6.45, 7) is 2.25. The number of hydrogen-bond acceptors (Lipinski definition) is 5. The van der Waals surface area contributed by atoms with Crippen LogP contribution in [0.4, 0.5) is 11.5 Å². The molecule has 0 bridgehead atoms. The first-order valence-electron chi connectivity index (χ1n) is 7.10. The lowest BCUT2D eigenvalue weighted by molar-refractivity contribution is -0.385. The van der Waals surface area contributed by atoms with Gasteiger partial charge in [0.05, 0.1) is 4.92 Å². The Morgan fingerprint density at radius 1 is 1.48 bits per heavy atom. The van der Waals surface area contributed by atoms with Gasteiger partial charge in [-0.3, -0.25) is 10.1 Å². The van der Waals surface area contributed by atoms with Gasteiger partial charge in [0, 0.05) is 12.6 Å². The summed E-state index contributed by atoms with van der Waals surface area (Å²) in [6.07, 6.45) is 3.07. The van der Waals surface area contributed by atoms with E-state index >= 15 is 0 Å². The quantitative estimate of drug-likeness (QED) is 0.675. The minimum atomic E-state index is -0.831. The van der Waals surface area contributed by atoms with Crippen molar-refractivity contribution in [3.63, 3.8) is 0 Å². The van der Waals surface area contributed by atoms with Gasteiger partial charge in [-0.1, -0.05) is 6.42 Å². The van der Waals surface area contributed by atoms with Crippen LogP contribution in [0, 0.1) is 28.9 Å². The molecule has 0 amide bonds. The van der Waals surface area contributed by atoms with Gasteiger partial charge in [0.1, 0.15) is 17.6 Å². The summed E-state index contributed by atoms with van der Waals surface area (Å²) in [4.78, 5) is 28.0. The fourth-order valence-corrected chi connectivity index (χ4v) is 3.75. The second kappa shape index (κ2) is 4.98. The number of anilines is 1. The topological polar surface area (TPSA) is 96.6 Å².